The summed E-state index contributed by atoms with van der Waals surface area (Å²) in [7, 11) is 2.05. The minimum atomic E-state index is -0.485. The highest BCUT2D eigenvalue weighted by Gasteiger charge is 2.17. The van der Waals surface area contributed by atoms with E-state index < -0.39 is 6.10 Å². The standard InChI is InChI=1S/C15H23NO3/c1-3-4-5-8-16(2)10-13(17)12-6-7-14-15(9-12)19-11-18-14/h6-7,9,13,17H,3-5,8,10-11H2,1-2H3. The fraction of sp³-hybridized carbons (Fsp3) is 0.600. The molecule has 4 heteroatoms. The first-order valence-electron chi connectivity index (χ1n) is 6.97. The lowest BCUT2D eigenvalue weighted by Gasteiger charge is -2.20. The average molecular weight is 265 g/mol. The largest absolute Gasteiger partial charge is 0.454 e. The zero-order chi connectivity index (χ0) is 13.7. The number of aliphatic hydroxyl groups excluding tert-OH is 1. The van der Waals surface area contributed by atoms with Crippen LogP contribution in [0.25, 0.3) is 0 Å². The summed E-state index contributed by atoms with van der Waals surface area (Å²) < 4.78 is 10.6. The quantitative estimate of drug-likeness (QED) is 0.769. The van der Waals surface area contributed by atoms with Gasteiger partial charge < -0.3 is 19.5 Å². The Labute approximate surface area is 114 Å². The number of hydrogen-bond donors (Lipinski definition) is 1. The van der Waals surface area contributed by atoms with Crippen molar-refractivity contribution in [3.8, 4) is 11.5 Å². The number of fused-ring (bicyclic) bond motifs is 1. The zero-order valence-corrected chi connectivity index (χ0v) is 11.8. The van der Waals surface area contributed by atoms with Crippen LogP contribution in [0.1, 0.15) is 37.9 Å². The van der Waals surface area contributed by atoms with Gasteiger partial charge in [-0.05, 0) is 37.7 Å². The molecule has 1 aliphatic heterocycles. The van der Waals surface area contributed by atoms with E-state index in [1.54, 1.807) is 0 Å². The highest BCUT2D eigenvalue weighted by atomic mass is 16.7. The molecule has 2 rings (SSSR count). The Morgan fingerprint density at radius 3 is 2.84 bits per heavy atom. The van der Waals surface area contributed by atoms with Crippen LogP contribution in [0.15, 0.2) is 18.2 Å². The van der Waals surface area contributed by atoms with Gasteiger partial charge in [0.2, 0.25) is 6.79 Å². The van der Waals surface area contributed by atoms with E-state index in [2.05, 4.69) is 11.8 Å². The zero-order valence-electron chi connectivity index (χ0n) is 11.8. The topological polar surface area (TPSA) is 41.9 Å². The summed E-state index contributed by atoms with van der Waals surface area (Å²) in [5, 5.41) is 10.2. The molecule has 0 radical (unpaired) electrons. The predicted molar refractivity (Wildman–Crippen MR) is 74.5 cm³/mol. The van der Waals surface area contributed by atoms with Gasteiger partial charge in [0.1, 0.15) is 0 Å². The molecule has 1 unspecified atom stereocenters. The molecule has 0 amide bonds. The molecule has 1 aliphatic rings. The second kappa shape index (κ2) is 6.78. The van der Waals surface area contributed by atoms with Crippen LogP contribution in [0.4, 0.5) is 0 Å². The summed E-state index contributed by atoms with van der Waals surface area (Å²) in [5.74, 6) is 1.48. The molecular formula is C15H23NO3. The summed E-state index contributed by atoms with van der Waals surface area (Å²) in [6.45, 7) is 4.13. The van der Waals surface area contributed by atoms with Crippen molar-refractivity contribution in [3.05, 3.63) is 23.8 Å². The summed E-state index contributed by atoms with van der Waals surface area (Å²) in [6.07, 6.45) is 3.16. The maximum Gasteiger partial charge on any atom is 0.231 e. The van der Waals surface area contributed by atoms with Crippen LogP contribution in [-0.4, -0.2) is 36.9 Å². The maximum absolute atomic E-state index is 10.2. The molecule has 0 saturated carbocycles. The molecule has 1 aromatic carbocycles. The van der Waals surface area contributed by atoms with Gasteiger partial charge in [-0.3, -0.25) is 0 Å². The molecule has 0 spiro atoms. The smallest absolute Gasteiger partial charge is 0.231 e. The van der Waals surface area contributed by atoms with Gasteiger partial charge in [-0.1, -0.05) is 25.8 Å². The second-order valence-corrected chi connectivity index (χ2v) is 5.10. The Balaban J connectivity index is 1.87. The van der Waals surface area contributed by atoms with Crippen LogP contribution >= 0.6 is 0 Å². The third-order valence-corrected chi connectivity index (χ3v) is 3.41. The van der Waals surface area contributed by atoms with E-state index in [0.29, 0.717) is 6.54 Å². The van der Waals surface area contributed by atoms with Crippen molar-refractivity contribution in [1.82, 2.24) is 4.90 Å². The van der Waals surface area contributed by atoms with Gasteiger partial charge >= 0.3 is 0 Å². The van der Waals surface area contributed by atoms with Crippen molar-refractivity contribution in [3.63, 3.8) is 0 Å². The Hall–Kier alpha value is -1.26. The van der Waals surface area contributed by atoms with Gasteiger partial charge in [-0.15, -0.1) is 0 Å². The molecule has 0 aliphatic carbocycles. The summed E-state index contributed by atoms with van der Waals surface area (Å²) in [4.78, 5) is 2.17. The number of aliphatic hydroxyl groups is 1. The minimum Gasteiger partial charge on any atom is -0.454 e. The van der Waals surface area contributed by atoms with Crippen molar-refractivity contribution in [2.24, 2.45) is 0 Å². The average Bonchev–Trinajstić information content (AvgIpc) is 2.86. The SMILES string of the molecule is CCCCCN(C)CC(O)c1ccc2c(c1)OCO2. The van der Waals surface area contributed by atoms with Crippen LogP contribution in [0.3, 0.4) is 0 Å². The maximum atomic E-state index is 10.2. The third kappa shape index (κ3) is 3.85. The number of benzene rings is 1. The van der Waals surface area contributed by atoms with Crippen molar-refractivity contribution < 1.29 is 14.6 Å². The van der Waals surface area contributed by atoms with E-state index in [0.717, 1.165) is 23.6 Å². The predicted octanol–water partition coefficient (Wildman–Crippen LogP) is 2.57. The van der Waals surface area contributed by atoms with Gasteiger partial charge in [0.25, 0.3) is 0 Å². The van der Waals surface area contributed by atoms with E-state index >= 15 is 0 Å². The summed E-state index contributed by atoms with van der Waals surface area (Å²) in [5.41, 5.74) is 0.881. The van der Waals surface area contributed by atoms with Crippen LogP contribution in [0, 0.1) is 0 Å². The molecule has 0 fully saturated rings. The molecule has 0 bridgehead atoms. The lowest BCUT2D eigenvalue weighted by atomic mass is 10.1. The molecular weight excluding hydrogens is 242 g/mol. The monoisotopic (exact) mass is 265 g/mol. The van der Waals surface area contributed by atoms with E-state index in [1.807, 2.05) is 25.2 Å². The van der Waals surface area contributed by atoms with Crippen LogP contribution in [-0.2, 0) is 0 Å². The van der Waals surface area contributed by atoms with Crippen molar-refractivity contribution in [2.75, 3.05) is 26.9 Å². The lowest BCUT2D eigenvalue weighted by Crippen LogP contribution is -2.25. The Kier molecular flexibility index (Phi) is 5.05. The van der Waals surface area contributed by atoms with Crippen molar-refractivity contribution in [1.29, 1.82) is 0 Å². The first kappa shape index (κ1) is 14.2. The van der Waals surface area contributed by atoms with Gasteiger partial charge in [-0.25, -0.2) is 0 Å². The summed E-state index contributed by atoms with van der Waals surface area (Å²) >= 11 is 0. The first-order chi connectivity index (χ1) is 9.20. The highest BCUT2D eigenvalue weighted by molar-refractivity contribution is 5.45. The van der Waals surface area contributed by atoms with Crippen LogP contribution < -0.4 is 9.47 Å². The normalized spacial score (nSPS) is 14.9. The lowest BCUT2D eigenvalue weighted by molar-refractivity contribution is 0.125. The fourth-order valence-electron chi connectivity index (χ4n) is 2.24. The molecule has 4 nitrogen and oxygen atoms in total. The highest BCUT2D eigenvalue weighted by Crippen LogP contribution is 2.34. The number of rotatable bonds is 7. The second-order valence-electron chi connectivity index (χ2n) is 5.10. The third-order valence-electron chi connectivity index (χ3n) is 3.41. The molecule has 1 aromatic rings. The molecule has 1 atom stereocenters. The van der Waals surface area contributed by atoms with E-state index in [-0.39, 0.29) is 6.79 Å². The molecule has 1 N–H and O–H groups in total. The number of ether oxygens (including phenoxy) is 2. The number of nitrogens with zero attached hydrogens (tertiary/aromatic N) is 1. The number of unbranched alkanes of at least 4 members (excludes halogenated alkanes) is 2. The first-order valence-corrected chi connectivity index (χ1v) is 6.97. The Bertz CT molecular complexity index is 408. The Morgan fingerprint density at radius 1 is 1.26 bits per heavy atom. The number of hydrogen-bond acceptors (Lipinski definition) is 4. The van der Waals surface area contributed by atoms with E-state index in [1.165, 1.54) is 19.3 Å². The van der Waals surface area contributed by atoms with Gasteiger partial charge in [0.05, 0.1) is 6.10 Å². The van der Waals surface area contributed by atoms with Crippen LogP contribution in [0.2, 0.25) is 0 Å². The molecule has 1 heterocycles. The fourth-order valence-corrected chi connectivity index (χ4v) is 2.24. The minimum absolute atomic E-state index is 0.270. The van der Waals surface area contributed by atoms with Gasteiger partial charge in [0.15, 0.2) is 11.5 Å². The van der Waals surface area contributed by atoms with Crippen LogP contribution in [0.5, 0.6) is 11.5 Å². The molecule has 0 saturated heterocycles. The van der Waals surface area contributed by atoms with E-state index in [9.17, 15) is 5.11 Å². The van der Waals surface area contributed by atoms with Gasteiger partial charge in [-0.2, -0.15) is 0 Å². The van der Waals surface area contributed by atoms with E-state index in [4.69, 9.17) is 9.47 Å². The van der Waals surface area contributed by atoms with Gasteiger partial charge in [0, 0.05) is 6.54 Å². The van der Waals surface area contributed by atoms with Crippen molar-refractivity contribution in [2.45, 2.75) is 32.3 Å². The summed E-state index contributed by atoms with van der Waals surface area (Å²) in [6, 6.07) is 5.63. The molecule has 106 valence electrons. The molecule has 0 aromatic heterocycles. The number of likely N-dealkylation sites (N-methyl/N-ethyl adjacent to an activating group) is 1. The van der Waals surface area contributed by atoms with Crippen molar-refractivity contribution >= 4 is 0 Å². The molecule has 19 heavy (non-hydrogen) atoms. The Morgan fingerprint density at radius 2 is 2.05 bits per heavy atom.